The number of nitro benzene ring substituents is 1. The Hall–Kier alpha value is -2.21. The minimum Gasteiger partial charge on any atom is -0.389 e. The zero-order chi connectivity index (χ0) is 15.3. The van der Waals surface area contributed by atoms with Crippen LogP contribution in [0.2, 0.25) is 0 Å². The van der Waals surface area contributed by atoms with Crippen LogP contribution < -0.4 is 0 Å². The van der Waals surface area contributed by atoms with Gasteiger partial charge in [0.15, 0.2) is 0 Å². The van der Waals surface area contributed by atoms with Gasteiger partial charge in [0.1, 0.15) is 0 Å². The summed E-state index contributed by atoms with van der Waals surface area (Å²) in [5, 5.41) is 20.5. The molecule has 0 spiro atoms. The number of carbonyl (C=O) groups is 1. The number of nitro groups is 1. The maximum atomic E-state index is 11.8. The molecule has 20 heavy (non-hydrogen) atoms. The van der Waals surface area contributed by atoms with Crippen LogP contribution in [0.15, 0.2) is 30.3 Å². The van der Waals surface area contributed by atoms with Crippen molar-refractivity contribution < 1.29 is 14.8 Å². The smallest absolute Gasteiger partial charge is 0.276 e. The van der Waals surface area contributed by atoms with E-state index in [-0.39, 0.29) is 18.1 Å². The number of likely N-dealkylation sites (N-methyl/N-ethyl adjacent to an activating group) is 1. The van der Waals surface area contributed by atoms with Crippen molar-refractivity contribution in [3.05, 3.63) is 46.0 Å². The van der Waals surface area contributed by atoms with E-state index in [9.17, 15) is 20.0 Å². The molecular weight excluding hydrogens is 260 g/mol. The zero-order valence-electron chi connectivity index (χ0n) is 11.7. The minimum atomic E-state index is -0.989. The highest BCUT2D eigenvalue weighted by molar-refractivity contribution is 5.92. The molecule has 1 N–H and O–H groups in total. The molecule has 0 fully saturated rings. The van der Waals surface area contributed by atoms with Crippen LogP contribution in [-0.2, 0) is 4.79 Å². The highest BCUT2D eigenvalue weighted by Gasteiger charge is 2.18. The average molecular weight is 278 g/mol. The van der Waals surface area contributed by atoms with E-state index in [0.717, 1.165) is 0 Å². The Labute approximate surface area is 117 Å². The normalized spacial score (nSPS) is 11.6. The van der Waals surface area contributed by atoms with Crippen molar-refractivity contribution in [2.24, 2.45) is 0 Å². The first-order valence-electron chi connectivity index (χ1n) is 6.10. The van der Waals surface area contributed by atoms with E-state index < -0.39 is 10.5 Å². The van der Waals surface area contributed by atoms with E-state index >= 15 is 0 Å². The second kappa shape index (κ2) is 6.29. The lowest BCUT2D eigenvalue weighted by atomic mass is 10.1. The van der Waals surface area contributed by atoms with Gasteiger partial charge in [-0.05, 0) is 26.0 Å². The van der Waals surface area contributed by atoms with Crippen LogP contribution in [0, 0.1) is 10.1 Å². The summed E-state index contributed by atoms with van der Waals surface area (Å²) in [5.41, 5.74) is -0.680. The van der Waals surface area contributed by atoms with Crippen molar-refractivity contribution in [2.45, 2.75) is 19.4 Å². The maximum Gasteiger partial charge on any atom is 0.276 e. The van der Waals surface area contributed by atoms with Crippen molar-refractivity contribution in [3.63, 3.8) is 0 Å². The molecule has 0 aliphatic heterocycles. The van der Waals surface area contributed by atoms with Crippen LogP contribution in [0.25, 0.3) is 6.08 Å². The van der Waals surface area contributed by atoms with Gasteiger partial charge in [0.25, 0.3) is 5.69 Å². The fourth-order valence-electron chi connectivity index (χ4n) is 1.74. The van der Waals surface area contributed by atoms with Gasteiger partial charge >= 0.3 is 0 Å². The first-order valence-corrected chi connectivity index (χ1v) is 6.10. The summed E-state index contributed by atoms with van der Waals surface area (Å²) < 4.78 is 0. The molecular formula is C14H18N2O4. The summed E-state index contributed by atoms with van der Waals surface area (Å²) in [6, 6.07) is 6.18. The third-order valence-electron chi connectivity index (χ3n) is 2.54. The molecule has 0 atom stereocenters. The molecule has 1 rings (SSSR count). The summed E-state index contributed by atoms with van der Waals surface area (Å²) >= 11 is 0. The summed E-state index contributed by atoms with van der Waals surface area (Å²) in [5.74, 6) is -0.328. The monoisotopic (exact) mass is 278 g/mol. The maximum absolute atomic E-state index is 11.8. The van der Waals surface area contributed by atoms with Crippen LogP contribution in [-0.4, -0.2) is 40.0 Å². The van der Waals surface area contributed by atoms with Gasteiger partial charge in [-0.2, -0.15) is 0 Å². The number of carbonyl (C=O) groups excluding carboxylic acids is 1. The van der Waals surface area contributed by atoms with E-state index in [0.29, 0.717) is 5.56 Å². The fourth-order valence-corrected chi connectivity index (χ4v) is 1.74. The Morgan fingerprint density at radius 3 is 2.60 bits per heavy atom. The van der Waals surface area contributed by atoms with Gasteiger partial charge in [-0.15, -0.1) is 0 Å². The molecule has 6 nitrogen and oxygen atoms in total. The lowest BCUT2D eigenvalue weighted by molar-refractivity contribution is -0.385. The first-order chi connectivity index (χ1) is 9.20. The highest BCUT2D eigenvalue weighted by atomic mass is 16.6. The number of amides is 1. The number of rotatable bonds is 5. The number of para-hydroxylation sites is 1. The van der Waals surface area contributed by atoms with Gasteiger partial charge in [0, 0.05) is 25.7 Å². The second-order valence-electron chi connectivity index (χ2n) is 5.16. The van der Waals surface area contributed by atoms with Crippen LogP contribution in [0.4, 0.5) is 5.69 Å². The summed E-state index contributed by atoms with van der Waals surface area (Å²) in [6.07, 6.45) is 2.66. The molecule has 0 aromatic heterocycles. The van der Waals surface area contributed by atoms with E-state index in [4.69, 9.17) is 0 Å². The lowest BCUT2D eigenvalue weighted by Gasteiger charge is -2.24. The van der Waals surface area contributed by atoms with E-state index in [2.05, 4.69) is 0 Å². The molecule has 6 heteroatoms. The molecule has 0 bridgehead atoms. The predicted molar refractivity (Wildman–Crippen MR) is 76.1 cm³/mol. The standard InChI is InChI=1S/C14H18N2O4/c1-14(2,18)10-15(3)13(17)9-8-11-6-4-5-7-12(11)16(19)20/h4-9,18H,10H2,1-3H3/b9-8+. The fraction of sp³-hybridized carbons (Fsp3) is 0.357. The number of aliphatic hydroxyl groups is 1. The Balaban J connectivity index is 2.83. The Morgan fingerprint density at radius 1 is 1.45 bits per heavy atom. The Bertz CT molecular complexity index is 532. The third-order valence-corrected chi connectivity index (χ3v) is 2.54. The predicted octanol–water partition coefficient (Wildman–Crippen LogP) is 1.84. The van der Waals surface area contributed by atoms with Crippen LogP contribution in [0.3, 0.4) is 0 Å². The van der Waals surface area contributed by atoms with Gasteiger partial charge in [0.05, 0.1) is 16.1 Å². The van der Waals surface area contributed by atoms with Crippen molar-refractivity contribution in [1.29, 1.82) is 0 Å². The first kappa shape index (κ1) is 15.8. The SMILES string of the molecule is CN(CC(C)(C)O)C(=O)/C=C/c1ccccc1[N+](=O)[O-]. The van der Waals surface area contributed by atoms with Gasteiger partial charge in [-0.1, -0.05) is 12.1 Å². The van der Waals surface area contributed by atoms with Crippen molar-refractivity contribution in [2.75, 3.05) is 13.6 Å². The number of hydrogen-bond acceptors (Lipinski definition) is 4. The summed E-state index contributed by atoms with van der Waals surface area (Å²) in [7, 11) is 1.56. The number of hydrogen-bond donors (Lipinski definition) is 1. The van der Waals surface area contributed by atoms with Gasteiger partial charge < -0.3 is 10.0 Å². The third kappa shape index (κ3) is 4.81. The van der Waals surface area contributed by atoms with Gasteiger partial charge in [-0.25, -0.2) is 0 Å². The Morgan fingerprint density at radius 2 is 2.05 bits per heavy atom. The van der Waals surface area contributed by atoms with Crippen molar-refractivity contribution in [3.8, 4) is 0 Å². The molecule has 108 valence electrons. The molecule has 0 saturated heterocycles. The largest absolute Gasteiger partial charge is 0.389 e. The summed E-state index contributed by atoms with van der Waals surface area (Å²) in [4.78, 5) is 23.5. The summed E-state index contributed by atoms with van der Waals surface area (Å²) in [6.45, 7) is 3.37. The van der Waals surface area contributed by atoms with Gasteiger partial charge in [-0.3, -0.25) is 14.9 Å². The van der Waals surface area contributed by atoms with Gasteiger partial charge in [0.2, 0.25) is 5.91 Å². The average Bonchev–Trinajstić information content (AvgIpc) is 2.34. The Kier molecular flexibility index (Phi) is 4.99. The molecule has 1 amide bonds. The molecule has 0 aliphatic rings. The van der Waals surface area contributed by atoms with Crippen molar-refractivity contribution >= 4 is 17.7 Å². The number of benzene rings is 1. The van der Waals surface area contributed by atoms with Crippen LogP contribution in [0.1, 0.15) is 19.4 Å². The molecule has 1 aromatic carbocycles. The van der Waals surface area contributed by atoms with Crippen molar-refractivity contribution in [1.82, 2.24) is 4.90 Å². The topological polar surface area (TPSA) is 83.7 Å². The van der Waals surface area contributed by atoms with E-state index in [1.165, 1.54) is 23.1 Å². The quantitative estimate of drug-likeness (QED) is 0.506. The van der Waals surface area contributed by atoms with Crippen LogP contribution in [0.5, 0.6) is 0 Å². The zero-order valence-corrected chi connectivity index (χ0v) is 11.7. The molecule has 0 heterocycles. The molecule has 0 saturated carbocycles. The van der Waals surface area contributed by atoms with E-state index in [1.807, 2.05) is 0 Å². The molecule has 1 aromatic rings. The lowest BCUT2D eigenvalue weighted by Crippen LogP contribution is -2.38. The minimum absolute atomic E-state index is 0.0540. The molecule has 0 aliphatic carbocycles. The number of nitrogens with zero attached hydrogens (tertiary/aromatic N) is 2. The second-order valence-corrected chi connectivity index (χ2v) is 5.16. The van der Waals surface area contributed by atoms with Crippen LogP contribution >= 0.6 is 0 Å². The molecule has 0 unspecified atom stereocenters. The highest BCUT2D eigenvalue weighted by Crippen LogP contribution is 2.19. The molecule has 0 radical (unpaired) electrons. The van der Waals surface area contributed by atoms with E-state index in [1.54, 1.807) is 39.1 Å².